The Labute approximate surface area is 156 Å². The summed E-state index contributed by atoms with van der Waals surface area (Å²) in [6.45, 7) is 7.94. The summed E-state index contributed by atoms with van der Waals surface area (Å²) in [6, 6.07) is 7.05. The van der Waals surface area contributed by atoms with Gasteiger partial charge in [-0.3, -0.25) is 14.6 Å². The summed E-state index contributed by atoms with van der Waals surface area (Å²) in [5.41, 5.74) is 0.823. The van der Waals surface area contributed by atoms with Gasteiger partial charge in [0.05, 0.1) is 18.8 Å². The van der Waals surface area contributed by atoms with Crippen LogP contribution in [0.15, 0.2) is 46.0 Å². The highest BCUT2D eigenvalue weighted by molar-refractivity contribution is 5.17. The Balaban J connectivity index is 1.30. The second kappa shape index (κ2) is 7.85. The molecular formula is C18H23N7O2. The van der Waals surface area contributed by atoms with Crippen molar-refractivity contribution in [3.63, 3.8) is 0 Å². The third kappa shape index (κ3) is 4.32. The van der Waals surface area contributed by atoms with Crippen molar-refractivity contribution in [3.05, 3.63) is 58.5 Å². The maximum absolute atomic E-state index is 12.1. The number of aryl methyl sites for hydroxylation is 1. The molecule has 0 N–H and O–H groups in total. The third-order valence-electron chi connectivity index (χ3n) is 4.74. The fourth-order valence-corrected chi connectivity index (χ4v) is 3.24. The Hall–Kier alpha value is -2.78. The van der Waals surface area contributed by atoms with Crippen LogP contribution in [0, 0.1) is 6.92 Å². The molecule has 0 atom stereocenters. The van der Waals surface area contributed by atoms with Crippen LogP contribution in [0.2, 0.25) is 0 Å². The lowest BCUT2D eigenvalue weighted by molar-refractivity contribution is 0.114. The lowest BCUT2D eigenvalue weighted by Gasteiger charge is -2.34. The quantitative estimate of drug-likeness (QED) is 0.627. The topological polar surface area (TPSA) is 85.2 Å². The first kappa shape index (κ1) is 17.6. The van der Waals surface area contributed by atoms with Crippen LogP contribution in [0.4, 0.5) is 0 Å². The largest absolute Gasteiger partial charge is 0.360 e. The van der Waals surface area contributed by atoms with Crippen LogP contribution in [0.1, 0.15) is 11.5 Å². The van der Waals surface area contributed by atoms with Crippen molar-refractivity contribution >= 4 is 0 Å². The zero-order chi connectivity index (χ0) is 18.6. The van der Waals surface area contributed by atoms with E-state index in [9.17, 15) is 4.79 Å². The maximum atomic E-state index is 12.1. The lowest BCUT2D eigenvalue weighted by atomic mass is 10.3. The van der Waals surface area contributed by atoms with Crippen LogP contribution in [0.5, 0.6) is 0 Å². The molecule has 1 aliphatic rings. The van der Waals surface area contributed by atoms with Crippen molar-refractivity contribution in [2.24, 2.45) is 0 Å². The molecule has 0 aromatic carbocycles. The molecule has 0 aliphatic carbocycles. The van der Waals surface area contributed by atoms with E-state index in [0.717, 1.165) is 50.7 Å². The second-order valence-corrected chi connectivity index (χ2v) is 6.76. The summed E-state index contributed by atoms with van der Waals surface area (Å²) in [4.78, 5) is 16.8. The number of aromatic nitrogens is 5. The molecule has 0 bridgehead atoms. The van der Waals surface area contributed by atoms with Crippen LogP contribution in [-0.4, -0.2) is 67.2 Å². The van der Waals surface area contributed by atoms with E-state index < -0.39 is 0 Å². The van der Waals surface area contributed by atoms with Crippen molar-refractivity contribution in [3.8, 4) is 5.82 Å². The zero-order valence-electron chi connectivity index (χ0n) is 15.4. The first-order valence-electron chi connectivity index (χ1n) is 9.12. The molecule has 0 radical (unpaired) electrons. The highest BCUT2D eigenvalue weighted by Gasteiger charge is 2.18. The van der Waals surface area contributed by atoms with Gasteiger partial charge in [-0.2, -0.15) is 5.10 Å². The molecule has 0 unspecified atom stereocenters. The lowest BCUT2D eigenvalue weighted by Crippen LogP contribution is -2.47. The molecule has 1 saturated heterocycles. The fraction of sp³-hybridized carbons (Fsp3) is 0.444. The molecule has 9 heteroatoms. The molecule has 4 heterocycles. The molecule has 3 aromatic rings. The van der Waals surface area contributed by atoms with Gasteiger partial charge >= 0.3 is 0 Å². The molecule has 4 rings (SSSR count). The van der Waals surface area contributed by atoms with Gasteiger partial charge in [-0.1, -0.05) is 5.16 Å². The summed E-state index contributed by atoms with van der Waals surface area (Å²) in [6.07, 6.45) is 3.50. The molecule has 0 spiro atoms. The monoisotopic (exact) mass is 369 g/mol. The van der Waals surface area contributed by atoms with Gasteiger partial charge in [-0.25, -0.2) is 9.36 Å². The minimum absolute atomic E-state index is 0.0924. The van der Waals surface area contributed by atoms with Crippen LogP contribution in [-0.2, 0) is 13.1 Å². The molecular weight excluding hydrogens is 346 g/mol. The van der Waals surface area contributed by atoms with Crippen LogP contribution < -0.4 is 5.56 Å². The Morgan fingerprint density at radius 3 is 2.63 bits per heavy atom. The van der Waals surface area contributed by atoms with Gasteiger partial charge in [-0.15, -0.1) is 5.10 Å². The van der Waals surface area contributed by atoms with Crippen molar-refractivity contribution in [2.75, 3.05) is 32.7 Å². The van der Waals surface area contributed by atoms with Gasteiger partial charge in [0.1, 0.15) is 0 Å². The van der Waals surface area contributed by atoms with Crippen LogP contribution in [0.25, 0.3) is 5.82 Å². The van der Waals surface area contributed by atoms with E-state index in [4.69, 9.17) is 4.52 Å². The van der Waals surface area contributed by atoms with Crippen LogP contribution >= 0.6 is 0 Å². The number of hydrogen-bond donors (Lipinski definition) is 0. The first-order chi connectivity index (χ1) is 13.2. The molecule has 9 nitrogen and oxygen atoms in total. The normalized spacial score (nSPS) is 16.0. The highest BCUT2D eigenvalue weighted by Crippen LogP contribution is 2.09. The molecule has 0 saturated carbocycles. The molecule has 27 heavy (non-hydrogen) atoms. The predicted molar refractivity (Wildman–Crippen MR) is 98.6 cm³/mol. The average Bonchev–Trinajstić information content (AvgIpc) is 3.34. The minimum atomic E-state index is -0.0924. The van der Waals surface area contributed by atoms with E-state index in [0.29, 0.717) is 12.4 Å². The molecule has 3 aromatic heterocycles. The molecule has 1 fully saturated rings. The zero-order valence-corrected chi connectivity index (χ0v) is 15.4. The Morgan fingerprint density at radius 2 is 1.93 bits per heavy atom. The van der Waals surface area contributed by atoms with E-state index in [1.807, 2.05) is 25.3 Å². The summed E-state index contributed by atoms with van der Waals surface area (Å²) in [5.74, 6) is 1.55. The van der Waals surface area contributed by atoms with Crippen molar-refractivity contribution in [2.45, 2.75) is 20.0 Å². The van der Waals surface area contributed by atoms with Gasteiger partial charge in [0.15, 0.2) is 11.6 Å². The van der Waals surface area contributed by atoms with Gasteiger partial charge in [-0.05, 0) is 19.1 Å². The van der Waals surface area contributed by atoms with Crippen molar-refractivity contribution < 1.29 is 4.52 Å². The Kier molecular flexibility index (Phi) is 5.12. The summed E-state index contributed by atoms with van der Waals surface area (Å²) in [7, 11) is 0. The smallest absolute Gasteiger partial charge is 0.266 e. The van der Waals surface area contributed by atoms with Crippen molar-refractivity contribution in [1.29, 1.82) is 0 Å². The highest BCUT2D eigenvalue weighted by atomic mass is 16.5. The Bertz CT molecular complexity index is 923. The Morgan fingerprint density at radius 1 is 1.11 bits per heavy atom. The van der Waals surface area contributed by atoms with Crippen LogP contribution in [0.3, 0.4) is 0 Å². The fourth-order valence-electron chi connectivity index (χ4n) is 3.24. The molecule has 142 valence electrons. The van der Waals surface area contributed by atoms with E-state index in [2.05, 4.69) is 25.2 Å². The number of piperazine rings is 1. The summed E-state index contributed by atoms with van der Waals surface area (Å²) in [5, 5.41) is 12.5. The number of hydrogen-bond acceptors (Lipinski definition) is 7. The number of nitrogens with zero attached hydrogens (tertiary/aromatic N) is 7. The standard InChI is InChI=1S/C18H23N7O2/c1-15-13-16(27-21-15)14-23-9-7-22(8-10-23)11-12-25-18(26)4-3-17(20-25)24-6-2-5-19-24/h2-6,13H,7-12,14H2,1H3. The van der Waals surface area contributed by atoms with Gasteiger partial charge in [0, 0.05) is 57.3 Å². The van der Waals surface area contributed by atoms with Crippen molar-refractivity contribution in [1.82, 2.24) is 34.5 Å². The minimum Gasteiger partial charge on any atom is -0.360 e. The second-order valence-electron chi connectivity index (χ2n) is 6.76. The maximum Gasteiger partial charge on any atom is 0.266 e. The third-order valence-corrected chi connectivity index (χ3v) is 4.74. The van der Waals surface area contributed by atoms with Gasteiger partial charge < -0.3 is 4.52 Å². The first-order valence-corrected chi connectivity index (χ1v) is 9.12. The van der Waals surface area contributed by atoms with Gasteiger partial charge in [0.2, 0.25) is 0 Å². The average molecular weight is 369 g/mol. The van der Waals surface area contributed by atoms with E-state index >= 15 is 0 Å². The van der Waals surface area contributed by atoms with E-state index in [1.54, 1.807) is 23.0 Å². The van der Waals surface area contributed by atoms with E-state index in [-0.39, 0.29) is 5.56 Å². The SMILES string of the molecule is Cc1cc(CN2CCN(CCn3nc(-n4cccn4)ccc3=O)CC2)on1. The predicted octanol–water partition coefficient (Wildman–Crippen LogP) is 0.543. The summed E-state index contributed by atoms with van der Waals surface area (Å²) < 4.78 is 8.46. The molecule has 1 aliphatic heterocycles. The molecule has 0 amide bonds. The van der Waals surface area contributed by atoms with E-state index in [1.165, 1.54) is 4.68 Å². The summed E-state index contributed by atoms with van der Waals surface area (Å²) >= 11 is 0. The van der Waals surface area contributed by atoms with Gasteiger partial charge in [0.25, 0.3) is 5.56 Å². The number of rotatable bonds is 6.